The van der Waals surface area contributed by atoms with Crippen molar-refractivity contribution in [3.63, 3.8) is 0 Å². The van der Waals surface area contributed by atoms with E-state index in [1.165, 1.54) is 14.0 Å². The molecule has 0 aromatic heterocycles. The molecular weight excluding hydrogens is 266 g/mol. The molecule has 1 aromatic rings. The van der Waals surface area contributed by atoms with Crippen LogP contribution in [-0.4, -0.2) is 25.0 Å². The van der Waals surface area contributed by atoms with Gasteiger partial charge in [0.25, 0.3) is 0 Å². The van der Waals surface area contributed by atoms with Crippen LogP contribution in [-0.2, 0) is 14.3 Å². The van der Waals surface area contributed by atoms with E-state index in [4.69, 9.17) is 0 Å². The molecule has 4 nitrogen and oxygen atoms in total. The third kappa shape index (κ3) is 9.44. The number of benzene rings is 1. The van der Waals surface area contributed by atoms with Crippen LogP contribution in [0.1, 0.15) is 40.2 Å². The summed E-state index contributed by atoms with van der Waals surface area (Å²) < 4.78 is 4.63. The van der Waals surface area contributed by atoms with Gasteiger partial charge in [-0.3, -0.25) is 4.79 Å². The Hall–Kier alpha value is -2.10. The van der Waals surface area contributed by atoms with Gasteiger partial charge in [-0.2, -0.15) is 0 Å². The van der Waals surface area contributed by atoms with Gasteiger partial charge in [0.05, 0.1) is 7.11 Å². The molecule has 0 spiro atoms. The number of rotatable bonds is 5. The van der Waals surface area contributed by atoms with E-state index in [1.807, 2.05) is 56.3 Å². The Kier molecular flexibility index (Phi) is 13.0. The standard InChI is InChI=1S/C14H17NO3.C2H6.CH4/c1-11(16)15-13(14(17)18-2)10-6-9-12-7-4-3-5-8-12;1-2;/h3-9,13H,10H2,1-2H3,(H,15,16);1-2H3;1H4/b9-6+;;/t13-;;/m0../s1. The van der Waals surface area contributed by atoms with Gasteiger partial charge in [0.15, 0.2) is 0 Å². The summed E-state index contributed by atoms with van der Waals surface area (Å²) in [7, 11) is 1.30. The van der Waals surface area contributed by atoms with E-state index in [0.717, 1.165) is 5.56 Å². The Balaban J connectivity index is 0. The fourth-order valence-electron chi connectivity index (χ4n) is 1.51. The second-order valence-electron chi connectivity index (χ2n) is 3.83. The summed E-state index contributed by atoms with van der Waals surface area (Å²) in [6.07, 6.45) is 4.14. The quantitative estimate of drug-likeness (QED) is 0.846. The molecule has 0 radical (unpaired) electrons. The number of carbonyl (C=O) groups is 2. The summed E-state index contributed by atoms with van der Waals surface area (Å²) in [6.45, 7) is 5.37. The van der Waals surface area contributed by atoms with Crippen LogP contribution in [0, 0.1) is 0 Å². The SMILES string of the molecule is C.CC.COC(=O)[C@H](C/C=C/c1ccccc1)NC(C)=O. The van der Waals surface area contributed by atoms with Gasteiger partial charge in [-0.15, -0.1) is 0 Å². The van der Waals surface area contributed by atoms with Gasteiger partial charge in [0.2, 0.25) is 5.91 Å². The number of ether oxygens (including phenoxy) is 1. The Morgan fingerprint density at radius 2 is 1.81 bits per heavy atom. The highest BCUT2D eigenvalue weighted by molar-refractivity contribution is 5.83. The van der Waals surface area contributed by atoms with Gasteiger partial charge in [-0.25, -0.2) is 4.79 Å². The number of nitrogens with one attached hydrogen (secondary N) is 1. The summed E-state index contributed by atoms with van der Waals surface area (Å²) in [5, 5.41) is 2.55. The summed E-state index contributed by atoms with van der Waals surface area (Å²) in [6, 6.07) is 9.10. The van der Waals surface area contributed by atoms with Crippen molar-refractivity contribution in [2.45, 2.75) is 40.7 Å². The van der Waals surface area contributed by atoms with Crippen LogP contribution in [0.3, 0.4) is 0 Å². The first kappa shape index (κ1) is 21.2. The molecule has 1 atom stereocenters. The molecule has 1 amide bonds. The number of hydrogen-bond acceptors (Lipinski definition) is 3. The van der Waals surface area contributed by atoms with Crippen LogP contribution in [0.15, 0.2) is 36.4 Å². The minimum Gasteiger partial charge on any atom is -0.467 e. The van der Waals surface area contributed by atoms with Crippen LogP contribution in [0.4, 0.5) is 0 Å². The molecule has 1 aromatic carbocycles. The summed E-state index contributed by atoms with van der Waals surface area (Å²) in [4.78, 5) is 22.4. The topological polar surface area (TPSA) is 55.4 Å². The lowest BCUT2D eigenvalue weighted by atomic mass is 10.1. The average molecular weight is 293 g/mol. The molecule has 118 valence electrons. The van der Waals surface area contributed by atoms with Gasteiger partial charge in [0.1, 0.15) is 6.04 Å². The highest BCUT2D eigenvalue weighted by Crippen LogP contribution is 2.04. The van der Waals surface area contributed by atoms with E-state index in [0.29, 0.717) is 6.42 Å². The van der Waals surface area contributed by atoms with Gasteiger partial charge in [-0.05, 0) is 12.0 Å². The van der Waals surface area contributed by atoms with Crippen LogP contribution >= 0.6 is 0 Å². The van der Waals surface area contributed by atoms with Crippen molar-refractivity contribution in [1.29, 1.82) is 0 Å². The fraction of sp³-hybridized carbons (Fsp3) is 0.412. The molecule has 1 rings (SSSR count). The molecule has 21 heavy (non-hydrogen) atoms. The summed E-state index contributed by atoms with van der Waals surface area (Å²) in [5.74, 6) is -0.693. The number of carbonyl (C=O) groups excluding carboxylic acids is 2. The van der Waals surface area contributed by atoms with Crippen molar-refractivity contribution in [3.8, 4) is 0 Å². The molecule has 0 unspecified atom stereocenters. The van der Waals surface area contributed by atoms with Crippen LogP contribution in [0.5, 0.6) is 0 Å². The van der Waals surface area contributed by atoms with Gasteiger partial charge < -0.3 is 10.1 Å². The van der Waals surface area contributed by atoms with E-state index < -0.39 is 12.0 Å². The maximum Gasteiger partial charge on any atom is 0.328 e. The maximum atomic E-state index is 11.4. The molecule has 0 saturated heterocycles. The zero-order valence-corrected chi connectivity index (χ0v) is 12.6. The minimum atomic E-state index is -0.632. The van der Waals surface area contributed by atoms with Crippen molar-refractivity contribution in [1.82, 2.24) is 5.32 Å². The van der Waals surface area contributed by atoms with Gasteiger partial charge >= 0.3 is 5.97 Å². The smallest absolute Gasteiger partial charge is 0.328 e. The highest BCUT2D eigenvalue weighted by Gasteiger charge is 2.17. The zero-order chi connectivity index (χ0) is 15.4. The highest BCUT2D eigenvalue weighted by atomic mass is 16.5. The molecule has 0 aliphatic heterocycles. The number of esters is 1. The van der Waals surface area contributed by atoms with Crippen molar-refractivity contribution < 1.29 is 14.3 Å². The van der Waals surface area contributed by atoms with Crippen molar-refractivity contribution in [2.75, 3.05) is 7.11 Å². The third-order valence-electron chi connectivity index (χ3n) is 2.34. The lowest BCUT2D eigenvalue weighted by Crippen LogP contribution is -2.39. The van der Waals surface area contributed by atoms with Crippen LogP contribution in [0.2, 0.25) is 0 Å². The second-order valence-corrected chi connectivity index (χ2v) is 3.83. The van der Waals surface area contributed by atoms with E-state index in [1.54, 1.807) is 0 Å². The van der Waals surface area contributed by atoms with Crippen LogP contribution < -0.4 is 5.32 Å². The Bertz CT molecular complexity index is 427. The lowest BCUT2D eigenvalue weighted by molar-refractivity contribution is -0.144. The Morgan fingerprint density at radius 1 is 1.24 bits per heavy atom. The molecule has 0 fully saturated rings. The Labute approximate surface area is 128 Å². The average Bonchev–Trinajstić information content (AvgIpc) is 2.48. The van der Waals surface area contributed by atoms with E-state index >= 15 is 0 Å². The normalized spacial score (nSPS) is 10.7. The molecule has 4 heteroatoms. The predicted octanol–water partition coefficient (Wildman–Crippen LogP) is 3.43. The summed E-state index contributed by atoms with van der Waals surface area (Å²) >= 11 is 0. The Morgan fingerprint density at radius 3 is 2.29 bits per heavy atom. The molecule has 0 heterocycles. The van der Waals surface area contributed by atoms with Crippen molar-refractivity contribution >= 4 is 18.0 Å². The molecule has 0 aliphatic rings. The predicted molar refractivity (Wildman–Crippen MR) is 87.8 cm³/mol. The van der Waals surface area contributed by atoms with E-state index in [2.05, 4.69) is 10.1 Å². The first-order chi connectivity index (χ1) is 9.63. The van der Waals surface area contributed by atoms with Crippen LogP contribution in [0.25, 0.3) is 6.08 Å². The van der Waals surface area contributed by atoms with E-state index in [-0.39, 0.29) is 13.3 Å². The fourth-order valence-corrected chi connectivity index (χ4v) is 1.51. The first-order valence-corrected chi connectivity index (χ1v) is 6.70. The molecule has 1 N–H and O–H groups in total. The summed E-state index contributed by atoms with van der Waals surface area (Å²) in [5.41, 5.74) is 1.05. The number of hydrogen-bond donors (Lipinski definition) is 1. The van der Waals surface area contributed by atoms with E-state index in [9.17, 15) is 9.59 Å². The van der Waals surface area contributed by atoms with Gasteiger partial charge in [-0.1, -0.05) is 63.8 Å². The van der Waals surface area contributed by atoms with Crippen molar-refractivity contribution in [3.05, 3.63) is 42.0 Å². The lowest BCUT2D eigenvalue weighted by Gasteiger charge is -2.12. The third-order valence-corrected chi connectivity index (χ3v) is 2.34. The molecule has 0 saturated carbocycles. The molecule has 0 bridgehead atoms. The van der Waals surface area contributed by atoms with Gasteiger partial charge in [0, 0.05) is 6.92 Å². The maximum absolute atomic E-state index is 11.4. The molecular formula is C17H27NO3. The second kappa shape index (κ2) is 12.9. The molecule has 0 aliphatic carbocycles. The minimum absolute atomic E-state index is 0. The van der Waals surface area contributed by atoms with Crippen molar-refractivity contribution in [2.24, 2.45) is 0 Å². The largest absolute Gasteiger partial charge is 0.467 e. The first-order valence-electron chi connectivity index (χ1n) is 6.70. The number of amides is 1. The number of methoxy groups -OCH3 is 1. The monoisotopic (exact) mass is 293 g/mol. The zero-order valence-electron chi connectivity index (χ0n) is 12.6.